The van der Waals surface area contributed by atoms with Crippen LogP contribution in [0.1, 0.15) is 26.3 Å². The van der Waals surface area contributed by atoms with Crippen LogP contribution in [0.3, 0.4) is 0 Å². The Balaban J connectivity index is 1.33. The van der Waals surface area contributed by atoms with Crippen molar-refractivity contribution in [1.29, 1.82) is 0 Å². The predicted molar refractivity (Wildman–Crippen MR) is 292 cm³/mol. The van der Waals surface area contributed by atoms with Crippen LogP contribution in [0.15, 0.2) is 182 Å². The fourth-order valence-corrected chi connectivity index (χ4v) is 12.3. The SMILES string of the molecule is CC(C)(C)c1ccc(-c2cc(-c3ccc(-c4cccc([Si](C)(C)C)c4)cc3)c(-c3ccc(-c4cccc([Si](C)(C)C)c4)cc3)c(-c3ccc(-c4cccc([Si](C)(C)C)c4)cc3)c2)cc1. The minimum Gasteiger partial charge on any atom is -0.0656 e. The Labute approximate surface area is 388 Å². The minimum absolute atomic E-state index is 0.0769. The van der Waals surface area contributed by atoms with Gasteiger partial charge in [0.2, 0.25) is 0 Å². The maximum atomic E-state index is 2.44. The molecule has 0 N–H and O–H groups in total. The first kappa shape index (κ1) is 45.0. The van der Waals surface area contributed by atoms with E-state index in [9.17, 15) is 0 Å². The third-order valence-electron chi connectivity index (χ3n) is 13.0. The molecule has 0 radical (unpaired) electrons. The lowest BCUT2D eigenvalue weighted by Crippen LogP contribution is -2.37. The molecule has 0 amide bonds. The molecule has 0 fully saturated rings. The first-order valence-electron chi connectivity index (χ1n) is 23.2. The largest absolute Gasteiger partial charge is 0.0776 e. The van der Waals surface area contributed by atoms with Gasteiger partial charge < -0.3 is 0 Å². The summed E-state index contributed by atoms with van der Waals surface area (Å²) < 4.78 is 0. The van der Waals surface area contributed by atoms with Crippen molar-refractivity contribution in [3.8, 4) is 77.9 Å². The van der Waals surface area contributed by atoms with Crippen molar-refractivity contribution in [2.24, 2.45) is 0 Å². The maximum absolute atomic E-state index is 2.44. The zero-order valence-corrected chi connectivity index (χ0v) is 43.3. The number of hydrogen-bond acceptors (Lipinski definition) is 0. The highest BCUT2D eigenvalue weighted by Gasteiger charge is 2.22. The molecule has 0 heterocycles. The second kappa shape index (κ2) is 17.4. The average Bonchev–Trinajstić information content (AvgIpc) is 3.28. The summed E-state index contributed by atoms with van der Waals surface area (Å²) in [6, 6.07) is 69.8. The molecule has 0 unspecified atom stereocenters. The van der Waals surface area contributed by atoms with Crippen LogP contribution in [0.4, 0.5) is 0 Å². The lowest BCUT2D eigenvalue weighted by Gasteiger charge is -2.22. The molecule has 0 aliphatic rings. The highest BCUT2D eigenvalue weighted by molar-refractivity contribution is 6.89. The topological polar surface area (TPSA) is 0 Å². The number of benzene rings is 8. The van der Waals surface area contributed by atoms with Crippen molar-refractivity contribution in [3.63, 3.8) is 0 Å². The molecule has 0 aliphatic carbocycles. The van der Waals surface area contributed by atoms with Crippen LogP contribution in [0.2, 0.25) is 58.9 Å². The summed E-state index contributed by atoms with van der Waals surface area (Å²) in [5.41, 5.74) is 18.8. The van der Waals surface area contributed by atoms with E-state index in [0.29, 0.717) is 0 Å². The van der Waals surface area contributed by atoms with Crippen molar-refractivity contribution >= 4 is 39.8 Å². The van der Waals surface area contributed by atoms with Gasteiger partial charge in [-0.05, 0) is 101 Å². The molecule has 0 bridgehead atoms. The Hall–Kier alpha value is -5.59. The van der Waals surface area contributed by atoms with E-state index in [4.69, 9.17) is 0 Å². The van der Waals surface area contributed by atoms with Gasteiger partial charge in [-0.1, -0.05) is 265 Å². The number of hydrogen-bond donors (Lipinski definition) is 0. The summed E-state index contributed by atoms with van der Waals surface area (Å²) in [5.74, 6) is 0. The van der Waals surface area contributed by atoms with Gasteiger partial charge in [-0.15, -0.1) is 0 Å². The summed E-state index contributed by atoms with van der Waals surface area (Å²) in [5, 5.41) is 4.45. The van der Waals surface area contributed by atoms with E-state index in [1.807, 2.05) is 0 Å². The summed E-state index contributed by atoms with van der Waals surface area (Å²) in [4.78, 5) is 0. The summed E-state index contributed by atoms with van der Waals surface area (Å²) in [6.07, 6.45) is 0. The third-order valence-corrected chi connectivity index (χ3v) is 19.1. The van der Waals surface area contributed by atoms with E-state index in [1.54, 1.807) is 0 Å². The Bertz CT molecular complexity index is 2790. The van der Waals surface area contributed by atoms with Crippen molar-refractivity contribution < 1.29 is 0 Å². The molecule has 3 heteroatoms. The second-order valence-electron chi connectivity index (χ2n) is 22.0. The molecular formula is C61H66Si3. The first-order valence-corrected chi connectivity index (χ1v) is 33.7. The molecule has 0 aliphatic heterocycles. The average molecular weight is 883 g/mol. The molecule has 0 aromatic heterocycles. The van der Waals surface area contributed by atoms with E-state index >= 15 is 0 Å². The molecule has 8 aromatic carbocycles. The van der Waals surface area contributed by atoms with E-state index in [0.717, 1.165) is 0 Å². The smallest absolute Gasteiger partial charge is 0.0656 e. The molecule has 0 atom stereocenters. The van der Waals surface area contributed by atoms with E-state index in [-0.39, 0.29) is 5.41 Å². The fraction of sp³-hybridized carbons (Fsp3) is 0.213. The molecule has 8 rings (SSSR count). The fourth-order valence-electron chi connectivity index (χ4n) is 8.75. The molecule has 322 valence electrons. The minimum atomic E-state index is -1.47. The van der Waals surface area contributed by atoms with Crippen molar-refractivity contribution in [1.82, 2.24) is 0 Å². The van der Waals surface area contributed by atoms with Crippen LogP contribution in [0.5, 0.6) is 0 Å². The van der Waals surface area contributed by atoms with Gasteiger partial charge in [-0.2, -0.15) is 0 Å². The van der Waals surface area contributed by atoms with Crippen LogP contribution in [-0.2, 0) is 5.41 Å². The Morgan fingerprint density at radius 3 is 0.859 bits per heavy atom. The van der Waals surface area contributed by atoms with Crippen LogP contribution >= 0.6 is 0 Å². The first-order chi connectivity index (χ1) is 30.2. The Morgan fingerprint density at radius 2 is 0.547 bits per heavy atom. The Kier molecular flexibility index (Phi) is 12.2. The van der Waals surface area contributed by atoms with Gasteiger partial charge in [0.15, 0.2) is 0 Å². The highest BCUT2D eigenvalue weighted by Crippen LogP contribution is 2.45. The highest BCUT2D eigenvalue weighted by atomic mass is 28.3. The van der Waals surface area contributed by atoms with Gasteiger partial charge in [0, 0.05) is 0 Å². The normalized spacial score (nSPS) is 12.4. The predicted octanol–water partition coefficient (Wildman–Crippen LogP) is 16.3. The Morgan fingerprint density at radius 1 is 0.266 bits per heavy atom. The lowest BCUT2D eigenvalue weighted by atomic mass is 9.83. The van der Waals surface area contributed by atoms with Crippen molar-refractivity contribution in [2.75, 3.05) is 0 Å². The van der Waals surface area contributed by atoms with Gasteiger partial charge in [-0.3, -0.25) is 0 Å². The van der Waals surface area contributed by atoms with Crippen molar-refractivity contribution in [2.45, 2.75) is 85.1 Å². The molecule has 8 aromatic rings. The molecule has 0 saturated heterocycles. The third kappa shape index (κ3) is 9.88. The second-order valence-corrected chi connectivity index (χ2v) is 37.2. The van der Waals surface area contributed by atoms with Crippen LogP contribution in [-0.4, -0.2) is 24.2 Å². The van der Waals surface area contributed by atoms with Crippen LogP contribution in [0.25, 0.3) is 77.9 Å². The monoisotopic (exact) mass is 882 g/mol. The molecule has 0 nitrogen and oxygen atoms in total. The van der Waals surface area contributed by atoms with Gasteiger partial charge in [-0.25, -0.2) is 0 Å². The summed E-state index contributed by atoms with van der Waals surface area (Å²) >= 11 is 0. The molecule has 64 heavy (non-hydrogen) atoms. The van der Waals surface area contributed by atoms with E-state index < -0.39 is 24.2 Å². The summed E-state index contributed by atoms with van der Waals surface area (Å²) in [6.45, 7) is 28.7. The van der Waals surface area contributed by atoms with Gasteiger partial charge in [0.25, 0.3) is 0 Å². The van der Waals surface area contributed by atoms with E-state index in [2.05, 4.69) is 262 Å². The molecular weight excluding hydrogens is 817 g/mol. The van der Waals surface area contributed by atoms with Gasteiger partial charge >= 0.3 is 0 Å². The lowest BCUT2D eigenvalue weighted by molar-refractivity contribution is 0.590. The van der Waals surface area contributed by atoms with Gasteiger partial charge in [0.05, 0.1) is 24.2 Å². The van der Waals surface area contributed by atoms with Crippen LogP contribution in [0, 0.1) is 0 Å². The molecule has 0 saturated carbocycles. The van der Waals surface area contributed by atoms with Gasteiger partial charge in [0.1, 0.15) is 0 Å². The zero-order valence-electron chi connectivity index (χ0n) is 40.3. The van der Waals surface area contributed by atoms with Crippen molar-refractivity contribution in [3.05, 3.63) is 188 Å². The quantitative estimate of drug-likeness (QED) is 0.120. The van der Waals surface area contributed by atoms with E-state index in [1.165, 1.54) is 99.0 Å². The van der Waals surface area contributed by atoms with Crippen LogP contribution < -0.4 is 15.6 Å². The molecule has 0 spiro atoms. The zero-order chi connectivity index (χ0) is 45.6. The summed E-state index contributed by atoms with van der Waals surface area (Å²) in [7, 11) is -4.40. The standard InChI is InChI=1S/C61H66Si3/c1-61(2,3)54-36-34-46(35-37-54)53-41-58(47-28-22-43(23-29-47)50-16-13-19-55(38-50)62(4,5)6)60(49-32-26-45(27-33-49)52-18-15-21-57(40-52)64(10,11)12)59(42-53)48-30-24-44(25-31-48)51-17-14-20-56(39-51)63(7,8)9/h13-42H,1-12H3. The number of rotatable bonds is 10. The maximum Gasteiger partial charge on any atom is 0.0776 e.